The van der Waals surface area contributed by atoms with Gasteiger partial charge in [-0.25, -0.2) is 0 Å². The van der Waals surface area contributed by atoms with Gasteiger partial charge in [0.15, 0.2) is 0 Å². The van der Waals surface area contributed by atoms with Crippen LogP contribution in [0.25, 0.3) is 0 Å². The lowest BCUT2D eigenvalue weighted by Gasteiger charge is -2.31. The molecular formula is C35H58O3. The SMILES string of the molecule is CCCCCCCC1CCCCC1CCCOc1ccc(OC(=O)C2CCC(CCCCCC)CC2)cc1. The highest BCUT2D eigenvalue weighted by Crippen LogP contribution is 2.37. The van der Waals surface area contributed by atoms with Crippen LogP contribution in [0.2, 0.25) is 0 Å². The Morgan fingerprint density at radius 3 is 1.87 bits per heavy atom. The van der Waals surface area contributed by atoms with Crippen molar-refractivity contribution in [1.29, 1.82) is 0 Å². The molecule has 2 saturated carbocycles. The molecule has 2 fully saturated rings. The van der Waals surface area contributed by atoms with E-state index in [-0.39, 0.29) is 11.9 Å². The number of ether oxygens (including phenoxy) is 2. The van der Waals surface area contributed by atoms with E-state index in [1.807, 2.05) is 24.3 Å². The van der Waals surface area contributed by atoms with Gasteiger partial charge in [0.2, 0.25) is 0 Å². The van der Waals surface area contributed by atoms with Gasteiger partial charge in [0, 0.05) is 0 Å². The maximum Gasteiger partial charge on any atom is 0.314 e. The highest BCUT2D eigenvalue weighted by atomic mass is 16.5. The van der Waals surface area contributed by atoms with Gasteiger partial charge in [-0.15, -0.1) is 0 Å². The number of unbranched alkanes of at least 4 members (excludes halogenated alkanes) is 7. The summed E-state index contributed by atoms with van der Waals surface area (Å²) in [5.41, 5.74) is 0. The molecule has 0 amide bonds. The van der Waals surface area contributed by atoms with E-state index in [4.69, 9.17) is 9.47 Å². The standard InChI is InChI=1S/C35H58O3/c1-3-5-7-9-11-16-30-17-12-13-18-31(30)19-14-28-37-33-24-26-34(27-25-33)38-35(36)32-22-20-29(21-23-32)15-10-8-6-4-2/h24-27,29-32H,3-23,28H2,1-2H3. The average Bonchev–Trinajstić information content (AvgIpc) is 2.95. The van der Waals surface area contributed by atoms with E-state index in [9.17, 15) is 4.79 Å². The topological polar surface area (TPSA) is 35.5 Å². The number of esters is 1. The molecule has 1 aromatic carbocycles. The zero-order valence-corrected chi connectivity index (χ0v) is 24.9. The van der Waals surface area contributed by atoms with Gasteiger partial charge in [0.25, 0.3) is 0 Å². The molecule has 3 nitrogen and oxygen atoms in total. The Balaban J connectivity index is 1.29. The first-order valence-corrected chi connectivity index (χ1v) is 16.6. The van der Waals surface area contributed by atoms with Gasteiger partial charge >= 0.3 is 5.97 Å². The second kappa shape index (κ2) is 18.7. The highest BCUT2D eigenvalue weighted by Gasteiger charge is 2.27. The van der Waals surface area contributed by atoms with Gasteiger partial charge in [-0.3, -0.25) is 4.79 Å². The Bertz CT molecular complexity index is 734. The Morgan fingerprint density at radius 2 is 1.21 bits per heavy atom. The summed E-state index contributed by atoms with van der Waals surface area (Å²) in [6, 6.07) is 7.69. The van der Waals surface area contributed by atoms with Crippen LogP contribution in [0.4, 0.5) is 0 Å². The number of hydrogen-bond donors (Lipinski definition) is 0. The average molecular weight is 527 g/mol. The molecule has 2 aliphatic rings. The molecule has 0 aromatic heterocycles. The number of benzene rings is 1. The van der Waals surface area contributed by atoms with Gasteiger partial charge < -0.3 is 9.47 Å². The van der Waals surface area contributed by atoms with Crippen LogP contribution in [0, 0.1) is 23.7 Å². The Morgan fingerprint density at radius 1 is 0.658 bits per heavy atom. The van der Waals surface area contributed by atoms with Crippen LogP contribution in [0.3, 0.4) is 0 Å². The Hall–Kier alpha value is -1.51. The lowest BCUT2D eigenvalue weighted by atomic mass is 9.74. The molecule has 0 heterocycles. The second-order valence-corrected chi connectivity index (χ2v) is 12.5. The van der Waals surface area contributed by atoms with Gasteiger partial charge in [0.1, 0.15) is 11.5 Å². The summed E-state index contributed by atoms with van der Waals surface area (Å²) >= 11 is 0. The van der Waals surface area contributed by atoms with Crippen molar-refractivity contribution < 1.29 is 14.3 Å². The van der Waals surface area contributed by atoms with E-state index < -0.39 is 0 Å². The molecule has 38 heavy (non-hydrogen) atoms. The van der Waals surface area contributed by atoms with Crippen LogP contribution >= 0.6 is 0 Å². The van der Waals surface area contributed by atoms with Gasteiger partial charge in [0.05, 0.1) is 12.5 Å². The van der Waals surface area contributed by atoms with E-state index in [1.54, 1.807) is 0 Å². The third kappa shape index (κ3) is 11.7. The van der Waals surface area contributed by atoms with Crippen molar-refractivity contribution in [2.75, 3.05) is 6.61 Å². The zero-order chi connectivity index (χ0) is 26.8. The van der Waals surface area contributed by atoms with Crippen molar-refractivity contribution in [2.45, 2.75) is 149 Å². The predicted octanol–water partition coefficient (Wildman–Crippen LogP) is 10.7. The van der Waals surface area contributed by atoms with Crippen LogP contribution in [0.15, 0.2) is 24.3 Å². The summed E-state index contributed by atoms with van der Waals surface area (Å²) in [5, 5.41) is 0. The second-order valence-electron chi connectivity index (χ2n) is 12.5. The summed E-state index contributed by atoms with van der Waals surface area (Å²) in [5.74, 6) is 4.20. The van der Waals surface area contributed by atoms with Crippen molar-refractivity contribution in [2.24, 2.45) is 23.7 Å². The van der Waals surface area contributed by atoms with Crippen LogP contribution in [-0.4, -0.2) is 12.6 Å². The van der Waals surface area contributed by atoms with E-state index in [1.165, 1.54) is 116 Å². The molecule has 2 unspecified atom stereocenters. The molecule has 216 valence electrons. The lowest BCUT2D eigenvalue weighted by molar-refractivity contribution is -0.140. The van der Waals surface area contributed by atoms with Crippen LogP contribution in [0.1, 0.15) is 149 Å². The molecule has 0 radical (unpaired) electrons. The molecule has 0 aliphatic heterocycles. The quantitative estimate of drug-likeness (QED) is 0.108. The molecule has 1 aromatic rings. The molecule has 0 saturated heterocycles. The predicted molar refractivity (Wildman–Crippen MR) is 160 cm³/mol. The van der Waals surface area contributed by atoms with E-state index in [0.29, 0.717) is 5.75 Å². The minimum atomic E-state index is -0.0458. The minimum Gasteiger partial charge on any atom is -0.494 e. The van der Waals surface area contributed by atoms with Gasteiger partial charge in [-0.05, 0) is 80.5 Å². The van der Waals surface area contributed by atoms with Crippen molar-refractivity contribution in [3.05, 3.63) is 24.3 Å². The largest absolute Gasteiger partial charge is 0.494 e. The zero-order valence-electron chi connectivity index (χ0n) is 24.9. The third-order valence-corrected chi connectivity index (χ3v) is 9.42. The maximum absolute atomic E-state index is 12.7. The van der Waals surface area contributed by atoms with Crippen molar-refractivity contribution in [3.63, 3.8) is 0 Å². The molecule has 2 aliphatic carbocycles. The molecule has 0 bridgehead atoms. The smallest absolute Gasteiger partial charge is 0.314 e. The maximum atomic E-state index is 12.7. The minimum absolute atomic E-state index is 0.0458. The van der Waals surface area contributed by atoms with E-state index in [0.717, 1.165) is 49.4 Å². The summed E-state index contributed by atoms with van der Waals surface area (Å²) in [6.07, 6.45) is 27.6. The molecule has 0 spiro atoms. The van der Waals surface area contributed by atoms with Crippen molar-refractivity contribution >= 4 is 5.97 Å². The molecule has 3 heteroatoms. The highest BCUT2D eigenvalue weighted by molar-refractivity contribution is 5.75. The molecule has 2 atom stereocenters. The summed E-state index contributed by atoms with van der Waals surface area (Å²) < 4.78 is 11.8. The number of carbonyl (C=O) groups is 1. The van der Waals surface area contributed by atoms with Crippen LogP contribution in [-0.2, 0) is 4.79 Å². The fraction of sp³-hybridized carbons (Fsp3) is 0.800. The lowest BCUT2D eigenvalue weighted by Crippen LogP contribution is -2.25. The van der Waals surface area contributed by atoms with Crippen molar-refractivity contribution in [3.8, 4) is 11.5 Å². The first-order valence-electron chi connectivity index (χ1n) is 16.6. The van der Waals surface area contributed by atoms with Crippen LogP contribution < -0.4 is 9.47 Å². The normalized spacial score (nSPS) is 23.7. The number of hydrogen-bond acceptors (Lipinski definition) is 3. The molecule has 3 rings (SSSR count). The summed E-state index contributed by atoms with van der Waals surface area (Å²) in [6.45, 7) is 5.34. The molecular weight excluding hydrogens is 468 g/mol. The first kappa shape index (κ1) is 31.0. The van der Waals surface area contributed by atoms with Crippen LogP contribution in [0.5, 0.6) is 11.5 Å². The van der Waals surface area contributed by atoms with E-state index >= 15 is 0 Å². The Kier molecular flexibility index (Phi) is 15.3. The van der Waals surface area contributed by atoms with Gasteiger partial charge in [-0.1, -0.05) is 110 Å². The first-order chi connectivity index (χ1) is 18.7. The third-order valence-electron chi connectivity index (χ3n) is 9.42. The van der Waals surface area contributed by atoms with Gasteiger partial charge in [-0.2, -0.15) is 0 Å². The fourth-order valence-corrected chi connectivity index (χ4v) is 6.94. The fourth-order valence-electron chi connectivity index (χ4n) is 6.94. The number of carbonyl (C=O) groups excluding carboxylic acids is 1. The number of rotatable bonds is 18. The van der Waals surface area contributed by atoms with Crippen molar-refractivity contribution in [1.82, 2.24) is 0 Å². The summed E-state index contributed by atoms with van der Waals surface area (Å²) in [7, 11) is 0. The van der Waals surface area contributed by atoms with E-state index in [2.05, 4.69) is 13.8 Å². The molecule has 0 N–H and O–H groups in total. The monoisotopic (exact) mass is 526 g/mol. The Labute approximate surface area is 234 Å². The summed E-state index contributed by atoms with van der Waals surface area (Å²) in [4.78, 5) is 12.7.